The summed E-state index contributed by atoms with van der Waals surface area (Å²) in [5.74, 6) is 2.36. The lowest BCUT2D eigenvalue weighted by atomic mass is 10.2. The second-order valence-corrected chi connectivity index (χ2v) is 5.80. The van der Waals surface area contributed by atoms with Gasteiger partial charge in [0.25, 0.3) is 0 Å². The maximum Gasteiger partial charge on any atom is 0.390 e. The number of aromatic nitrogens is 3. The number of rotatable bonds is 6. The zero-order valence-electron chi connectivity index (χ0n) is 14.4. The van der Waals surface area contributed by atoms with E-state index in [2.05, 4.69) is 30.4 Å². The largest absolute Gasteiger partial charge is 0.390 e. The fourth-order valence-electron chi connectivity index (χ4n) is 2.66. The molecule has 0 amide bonds. The van der Waals surface area contributed by atoms with E-state index in [-0.39, 0.29) is 30.5 Å². The topological polar surface area (TPSA) is 67.1 Å². The molecule has 0 aromatic carbocycles. The van der Waals surface area contributed by atoms with Crippen molar-refractivity contribution in [3.05, 3.63) is 11.6 Å². The van der Waals surface area contributed by atoms with Crippen LogP contribution in [0, 0.1) is 0 Å². The standard InChI is InChI=1S/C15H25F3N6.HI/c1-2-19-14(21-10-8-15(16,17)18)20-9-7-13-23-22-12-6-4-3-5-11-24(12)13;/h2-11H2,1H3,(H2,19,20,21);1H. The van der Waals surface area contributed by atoms with Crippen LogP contribution in [0.1, 0.15) is 44.3 Å². The first-order valence-electron chi connectivity index (χ1n) is 8.49. The molecule has 1 aliphatic heterocycles. The quantitative estimate of drug-likeness (QED) is 0.378. The van der Waals surface area contributed by atoms with Gasteiger partial charge in [-0.15, -0.1) is 34.2 Å². The minimum Gasteiger partial charge on any atom is -0.357 e. The second-order valence-electron chi connectivity index (χ2n) is 5.80. The summed E-state index contributed by atoms with van der Waals surface area (Å²) < 4.78 is 38.8. The Morgan fingerprint density at radius 1 is 1.20 bits per heavy atom. The Morgan fingerprint density at radius 3 is 2.72 bits per heavy atom. The van der Waals surface area contributed by atoms with Gasteiger partial charge in [-0.1, -0.05) is 6.42 Å². The molecule has 10 heteroatoms. The number of hydrogen-bond donors (Lipinski definition) is 2. The van der Waals surface area contributed by atoms with Crippen molar-refractivity contribution in [1.82, 2.24) is 25.4 Å². The summed E-state index contributed by atoms with van der Waals surface area (Å²) in [5.41, 5.74) is 0. The summed E-state index contributed by atoms with van der Waals surface area (Å²) in [7, 11) is 0. The van der Waals surface area contributed by atoms with Crippen molar-refractivity contribution in [2.45, 2.75) is 58.2 Å². The molecule has 0 radical (unpaired) electrons. The van der Waals surface area contributed by atoms with Crippen molar-refractivity contribution in [2.75, 3.05) is 19.6 Å². The Morgan fingerprint density at radius 2 is 2.00 bits per heavy atom. The van der Waals surface area contributed by atoms with Crippen LogP contribution in [0.5, 0.6) is 0 Å². The molecule has 2 N–H and O–H groups in total. The molecule has 0 aliphatic carbocycles. The first-order valence-corrected chi connectivity index (χ1v) is 8.49. The molecule has 0 saturated heterocycles. The number of guanidine groups is 1. The van der Waals surface area contributed by atoms with E-state index < -0.39 is 12.6 Å². The van der Waals surface area contributed by atoms with E-state index >= 15 is 0 Å². The number of nitrogens with zero attached hydrogens (tertiary/aromatic N) is 4. The number of hydrogen-bond acceptors (Lipinski definition) is 3. The van der Waals surface area contributed by atoms with E-state index in [0.29, 0.717) is 25.5 Å². The summed E-state index contributed by atoms with van der Waals surface area (Å²) in [5, 5.41) is 14.5. The highest BCUT2D eigenvalue weighted by molar-refractivity contribution is 14.0. The fraction of sp³-hybridized carbons (Fsp3) is 0.800. The smallest absolute Gasteiger partial charge is 0.357 e. The fourth-order valence-corrected chi connectivity index (χ4v) is 2.66. The Bertz CT molecular complexity index is 544. The summed E-state index contributed by atoms with van der Waals surface area (Å²) in [6.45, 7) is 3.68. The maximum atomic E-state index is 12.2. The number of alkyl halides is 3. The van der Waals surface area contributed by atoms with Crippen LogP contribution in [0.4, 0.5) is 13.2 Å². The van der Waals surface area contributed by atoms with Crippen LogP contribution in [-0.4, -0.2) is 46.5 Å². The Labute approximate surface area is 163 Å². The van der Waals surface area contributed by atoms with Gasteiger partial charge < -0.3 is 15.2 Å². The molecule has 0 fully saturated rings. The Hall–Kier alpha value is -1.07. The van der Waals surface area contributed by atoms with E-state index in [1.165, 1.54) is 6.42 Å². The third-order valence-corrected chi connectivity index (χ3v) is 3.84. The van der Waals surface area contributed by atoms with Crippen molar-refractivity contribution in [1.29, 1.82) is 0 Å². The lowest BCUT2D eigenvalue weighted by Crippen LogP contribution is -2.38. The molecule has 0 atom stereocenters. The number of aryl methyl sites for hydroxylation is 1. The first-order chi connectivity index (χ1) is 11.5. The van der Waals surface area contributed by atoms with Crippen LogP contribution >= 0.6 is 24.0 Å². The molecule has 0 unspecified atom stereocenters. The molecule has 0 bridgehead atoms. The van der Waals surface area contributed by atoms with Crippen molar-refractivity contribution in [2.24, 2.45) is 4.99 Å². The highest BCUT2D eigenvalue weighted by Crippen LogP contribution is 2.18. The lowest BCUT2D eigenvalue weighted by molar-refractivity contribution is -0.132. The lowest BCUT2D eigenvalue weighted by Gasteiger charge is -2.12. The van der Waals surface area contributed by atoms with Crippen molar-refractivity contribution < 1.29 is 13.2 Å². The number of aliphatic imine (C=N–C) groups is 1. The minimum absolute atomic E-state index is 0. The summed E-state index contributed by atoms with van der Waals surface area (Å²) in [6, 6.07) is 0. The van der Waals surface area contributed by atoms with E-state index in [1.54, 1.807) is 0 Å². The van der Waals surface area contributed by atoms with Gasteiger partial charge >= 0.3 is 6.18 Å². The zero-order valence-corrected chi connectivity index (χ0v) is 16.7. The van der Waals surface area contributed by atoms with Crippen LogP contribution in [0.25, 0.3) is 0 Å². The number of fused-ring (bicyclic) bond motifs is 1. The van der Waals surface area contributed by atoms with Gasteiger partial charge in [0.2, 0.25) is 0 Å². The van der Waals surface area contributed by atoms with Gasteiger partial charge in [0.05, 0.1) is 13.0 Å². The molecule has 1 aromatic rings. The molecule has 25 heavy (non-hydrogen) atoms. The van der Waals surface area contributed by atoms with Gasteiger partial charge in [0.15, 0.2) is 5.96 Å². The highest BCUT2D eigenvalue weighted by atomic mass is 127. The highest BCUT2D eigenvalue weighted by Gasteiger charge is 2.26. The van der Waals surface area contributed by atoms with Crippen molar-refractivity contribution in [3.63, 3.8) is 0 Å². The van der Waals surface area contributed by atoms with Crippen LogP contribution in [-0.2, 0) is 19.4 Å². The average Bonchev–Trinajstić information content (AvgIpc) is 2.74. The van der Waals surface area contributed by atoms with Gasteiger partial charge in [0.1, 0.15) is 11.6 Å². The predicted molar refractivity (Wildman–Crippen MR) is 101 cm³/mol. The normalized spacial score (nSPS) is 15.1. The third-order valence-electron chi connectivity index (χ3n) is 3.84. The van der Waals surface area contributed by atoms with Gasteiger partial charge in [-0.25, -0.2) is 0 Å². The molecule has 0 spiro atoms. The van der Waals surface area contributed by atoms with Gasteiger partial charge in [-0.05, 0) is 19.8 Å². The molecule has 2 heterocycles. The number of halogens is 4. The van der Waals surface area contributed by atoms with E-state index in [0.717, 1.165) is 37.5 Å². The SMILES string of the molecule is CCNC(=NCCC(F)(F)F)NCCc1nnc2n1CCCCC2.I. The summed E-state index contributed by atoms with van der Waals surface area (Å²) >= 11 is 0. The third kappa shape index (κ3) is 7.78. The molecule has 0 saturated carbocycles. The van der Waals surface area contributed by atoms with Crippen LogP contribution < -0.4 is 10.6 Å². The minimum atomic E-state index is -4.18. The average molecular weight is 474 g/mol. The second kappa shape index (κ2) is 10.8. The monoisotopic (exact) mass is 474 g/mol. The number of nitrogens with one attached hydrogen (secondary N) is 2. The predicted octanol–water partition coefficient (Wildman–Crippen LogP) is 2.67. The van der Waals surface area contributed by atoms with E-state index in [4.69, 9.17) is 0 Å². The van der Waals surface area contributed by atoms with Gasteiger partial charge in [-0.3, -0.25) is 4.99 Å². The Balaban J connectivity index is 0.00000312. The molecular formula is C15H26F3IN6. The molecule has 2 rings (SSSR count). The van der Waals surface area contributed by atoms with Crippen molar-refractivity contribution >= 4 is 29.9 Å². The van der Waals surface area contributed by atoms with Crippen LogP contribution in [0.2, 0.25) is 0 Å². The van der Waals surface area contributed by atoms with E-state index in [9.17, 15) is 13.2 Å². The van der Waals surface area contributed by atoms with Gasteiger partial charge in [-0.2, -0.15) is 13.2 Å². The maximum absolute atomic E-state index is 12.2. The molecule has 6 nitrogen and oxygen atoms in total. The first kappa shape index (κ1) is 22.0. The Kier molecular flexibility index (Phi) is 9.51. The molecule has 1 aliphatic rings. The molecule has 144 valence electrons. The zero-order chi connectivity index (χ0) is 17.4. The van der Waals surface area contributed by atoms with Crippen LogP contribution in [0.15, 0.2) is 4.99 Å². The van der Waals surface area contributed by atoms with Crippen molar-refractivity contribution in [3.8, 4) is 0 Å². The van der Waals surface area contributed by atoms with Gasteiger partial charge in [0, 0.05) is 32.5 Å². The van der Waals surface area contributed by atoms with E-state index in [1.807, 2.05) is 6.92 Å². The summed E-state index contributed by atoms with van der Waals surface area (Å²) in [4.78, 5) is 3.95. The van der Waals surface area contributed by atoms with Crippen LogP contribution in [0.3, 0.4) is 0 Å². The molecule has 1 aromatic heterocycles. The molecular weight excluding hydrogens is 448 g/mol. The summed E-state index contributed by atoms with van der Waals surface area (Å²) in [6.07, 6.45) is 0.0110.